The van der Waals surface area contributed by atoms with Gasteiger partial charge < -0.3 is 16.0 Å². The Kier molecular flexibility index (Phi) is 6.20. The van der Waals surface area contributed by atoms with Crippen LogP contribution in [0.15, 0.2) is 36.5 Å². The molecule has 30 heavy (non-hydrogen) atoms. The fraction of sp³-hybridized carbons (Fsp3) is 0.409. The Morgan fingerprint density at radius 3 is 2.87 bits per heavy atom. The van der Waals surface area contributed by atoms with Gasteiger partial charge >= 0.3 is 0 Å². The van der Waals surface area contributed by atoms with Gasteiger partial charge in [-0.25, -0.2) is 4.98 Å². The Bertz CT molecular complexity index is 1040. The van der Waals surface area contributed by atoms with Crippen LogP contribution in [0, 0.1) is 5.92 Å². The minimum atomic E-state index is -0.174. The van der Waals surface area contributed by atoms with Crippen molar-refractivity contribution in [1.29, 1.82) is 0 Å². The number of aryl methyl sites for hydroxylation is 1. The number of nitrogens with zero attached hydrogens (tertiary/aromatic N) is 4. The number of benzene rings is 1. The number of nitrogens with one attached hydrogen (secondary N) is 1. The van der Waals surface area contributed by atoms with Crippen molar-refractivity contribution < 1.29 is 4.79 Å². The molecule has 0 saturated carbocycles. The van der Waals surface area contributed by atoms with E-state index in [0.29, 0.717) is 35.7 Å². The van der Waals surface area contributed by atoms with E-state index < -0.39 is 0 Å². The van der Waals surface area contributed by atoms with Crippen molar-refractivity contribution in [1.82, 2.24) is 25.0 Å². The lowest BCUT2D eigenvalue weighted by molar-refractivity contribution is 0.0939. The van der Waals surface area contributed by atoms with Crippen molar-refractivity contribution >= 4 is 34.1 Å². The van der Waals surface area contributed by atoms with Crippen molar-refractivity contribution in [3.63, 3.8) is 0 Å². The van der Waals surface area contributed by atoms with E-state index in [9.17, 15) is 4.79 Å². The fourth-order valence-corrected chi connectivity index (χ4v) is 4.22. The number of fused-ring (bicyclic) bond motifs is 1. The Balaban J connectivity index is 1.39. The van der Waals surface area contributed by atoms with E-state index in [0.717, 1.165) is 35.8 Å². The summed E-state index contributed by atoms with van der Waals surface area (Å²) >= 11 is 6.11. The molecule has 3 heterocycles. The van der Waals surface area contributed by atoms with Gasteiger partial charge in [-0.05, 0) is 68.4 Å². The maximum absolute atomic E-state index is 12.8. The third-order valence-electron chi connectivity index (χ3n) is 5.88. The summed E-state index contributed by atoms with van der Waals surface area (Å²) in [5.41, 5.74) is 7.40. The molecule has 0 aliphatic carbocycles. The number of amides is 1. The van der Waals surface area contributed by atoms with Crippen LogP contribution in [0.25, 0.3) is 10.8 Å². The molecule has 1 amide bonds. The van der Waals surface area contributed by atoms with Gasteiger partial charge in [0.25, 0.3) is 5.91 Å². The second-order valence-electron chi connectivity index (χ2n) is 8.05. The summed E-state index contributed by atoms with van der Waals surface area (Å²) < 4.78 is 1.74. The van der Waals surface area contributed by atoms with Crippen LogP contribution in [0.2, 0.25) is 5.15 Å². The maximum atomic E-state index is 12.8. The summed E-state index contributed by atoms with van der Waals surface area (Å²) in [6, 6.07) is 9.44. The number of aromatic nitrogens is 3. The first kappa shape index (κ1) is 20.6. The highest BCUT2D eigenvalue weighted by atomic mass is 35.5. The van der Waals surface area contributed by atoms with Gasteiger partial charge in [-0.15, -0.1) is 0 Å². The zero-order valence-corrected chi connectivity index (χ0v) is 17.9. The van der Waals surface area contributed by atoms with E-state index >= 15 is 0 Å². The average Bonchev–Trinajstić information content (AvgIpc) is 3.12. The molecule has 1 aromatic carbocycles. The number of likely N-dealkylation sites (tertiary alicyclic amines) is 1. The SMILES string of the molecule is CN1CCC(CCn2nc(Cl)cc2C(=O)NCc2ccc3c(N)nccc3c2)CC1. The Morgan fingerprint density at radius 2 is 2.07 bits per heavy atom. The summed E-state index contributed by atoms with van der Waals surface area (Å²) in [7, 11) is 2.16. The highest BCUT2D eigenvalue weighted by molar-refractivity contribution is 6.29. The summed E-state index contributed by atoms with van der Waals surface area (Å²) in [6.07, 6.45) is 5.07. The molecular weight excluding hydrogens is 400 g/mol. The van der Waals surface area contributed by atoms with Crippen molar-refractivity contribution in [2.45, 2.75) is 32.4 Å². The standard InChI is InChI=1S/C22H27ClN6O/c1-28-9-5-15(6-10-28)7-11-29-19(13-20(23)27-29)22(30)26-14-16-2-3-18-17(12-16)4-8-25-21(18)24/h2-4,8,12-13,15H,5-7,9-11,14H2,1H3,(H2,24,25)(H,26,30). The zero-order valence-electron chi connectivity index (χ0n) is 17.1. The van der Waals surface area contributed by atoms with Crippen molar-refractivity contribution in [3.05, 3.63) is 52.9 Å². The molecule has 1 saturated heterocycles. The van der Waals surface area contributed by atoms with Crippen molar-refractivity contribution in [2.24, 2.45) is 5.92 Å². The summed E-state index contributed by atoms with van der Waals surface area (Å²) in [5, 5.41) is 9.56. The van der Waals surface area contributed by atoms with Crippen LogP contribution in [0.3, 0.4) is 0 Å². The highest BCUT2D eigenvalue weighted by Crippen LogP contribution is 2.22. The molecule has 8 heteroatoms. The van der Waals surface area contributed by atoms with Crippen LogP contribution in [0.5, 0.6) is 0 Å². The summed E-state index contributed by atoms with van der Waals surface area (Å²) in [4.78, 5) is 19.3. The van der Waals surface area contributed by atoms with Gasteiger partial charge in [0, 0.05) is 30.7 Å². The van der Waals surface area contributed by atoms with Crippen LogP contribution >= 0.6 is 11.6 Å². The number of hydrogen-bond donors (Lipinski definition) is 2. The van der Waals surface area contributed by atoms with Crippen molar-refractivity contribution in [2.75, 3.05) is 25.9 Å². The summed E-state index contributed by atoms with van der Waals surface area (Å²) in [6.45, 7) is 3.37. The van der Waals surface area contributed by atoms with Crippen molar-refractivity contribution in [3.8, 4) is 0 Å². The second-order valence-corrected chi connectivity index (χ2v) is 8.43. The lowest BCUT2D eigenvalue weighted by Gasteiger charge is -2.28. The fourth-order valence-electron chi connectivity index (χ4n) is 4.03. The zero-order chi connectivity index (χ0) is 21.1. The molecule has 0 atom stereocenters. The molecular formula is C22H27ClN6O. The lowest BCUT2D eigenvalue weighted by Crippen LogP contribution is -2.31. The number of piperidine rings is 1. The number of halogens is 1. The number of nitrogens with two attached hydrogens (primary N) is 1. The number of rotatable bonds is 6. The van der Waals surface area contributed by atoms with Gasteiger partial charge in [-0.2, -0.15) is 5.10 Å². The molecule has 0 spiro atoms. The van der Waals surface area contributed by atoms with Crippen LogP contribution < -0.4 is 11.1 Å². The molecule has 7 nitrogen and oxygen atoms in total. The first-order chi connectivity index (χ1) is 14.5. The smallest absolute Gasteiger partial charge is 0.269 e. The first-order valence-electron chi connectivity index (χ1n) is 10.3. The quantitative estimate of drug-likeness (QED) is 0.631. The predicted octanol–water partition coefficient (Wildman–Crippen LogP) is 3.33. The molecule has 0 bridgehead atoms. The van der Waals surface area contributed by atoms with E-state index in [4.69, 9.17) is 17.3 Å². The number of pyridine rings is 1. The molecule has 2 aromatic heterocycles. The maximum Gasteiger partial charge on any atom is 0.269 e. The van der Waals surface area contributed by atoms with Gasteiger partial charge in [-0.3, -0.25) is 9.48 Å². The molecule has 158 valence electrons. The molecule has 4 rings (SSSR count). The van der Waals surface area contributed by atoms with Gasteiger partial charge in [-0.1, -0.05) is 23.7 Å². The van der Waals surface area contributed by atoms with Gasteiger partial charge in [0.2, 0.25) is 0 Å². The van der Waals surface area contributed by atoms with Gasteiger partial charge in [0.15, 0.2) is 5.15 Å². The number of hydrogen-bond acceptors (Lipinski definition) is 5. The molecule has 3 N–H and O–H groups in total. The third-order valence-corrected chi connectivity index (χ3v) is 6.07. The van der Waals surface area contributed by atoms with E-state index in [2.05, 4.69) is 27.3 Å². The predicted molar refractivity (Wildman–Crippen MR) is 119 cm³/mol. The number of carbonyl (C=O) groups excluding carboxylic acids is 1. The van der Waals surface area contributed by atoms with Gasteiger partial charge in [0.05, 0.1) is 0 Å². The minimum Gasteiger partial charge on any atom is -0.383 e. The first-order valence-corrected chi connectivity index (χ1v) is 10.7. The largest absolute Gasteiger partial charge is 0.383 e. The average molecular weight is 427 g/mol. The van der Waals surface area contributed by atoms with E-state index in [1.807, 2.05) is 24.3 Å². The normalized spacial score (nSPS) is 15.5. The molecule has 0 unspecified atom stereocenters. The van der Waals surface area contributed by atoms with Crippen LogP contribution in [-0.2, 0) is 13.1 Å². The van der Waals surface area contributed by atoms with Gasteiger partial charge in [0.1, 0.15) is 11.5 Å². The Morgan fingerprint density at radius 1 is 1.27 bits per heavy atom. The third kappa shape index (κ3) is 4.74. The van der Waals surface area contributed by atoms with Crippen LogP contribution in [0.1, 0.15) is 35.3 Å². The topological polar surface area (TPSA) is 89.1 Å². The Hall–Kier alpha value is -2.64. The summed E-state index contributed by atoms with van der Waals surface area (Å²) in [5.74, 6) is 0.998. The lowest BCUT2D eigenvalue weighted by atomic mass is 9.94. The number of carbonyl (C=O) groups is 1. The Labute approximate surface area is 181 Å². The van der Waals surface area contributed by atoms with Crippen LogP contribution in [0.4, 0.5) is 5.82 Å². The van der Waals surface area contributed by atoms with E-state index in [1.165, 1.54) is 12.8 Å². The van der Waals surface area contributed by atoms with E-state index in [-0.39, 0.29) is 5.91 Å². The molecule has 1 aliphatic heterocycles. The number of nitrogen functional groups attached to an aromatic ring is 1. The molecule has 3 aromatic rings. The monoisotopic (exact) mass is 426 g/mol. The molecule has 1 aliphatic rings. The van der Waals surface area contributed by atoms with E-state index in [1.54, 1.807) is 16.9 Å². The molecule has 0 radical (unpaired) electrons. The minimum absolute atomic E-state index is 0.174. The highest BCUT2D eigenvalue weighted by Gasteiger charge is 2.19. The second kappa shape index (κ2) is 9.02. The number of anilines is 1. The van der Waals surface area contributed by atoms with Crippen LogP contribution in [-0.4, -0.2) is 45.7 Å². The molecule has 1 fully saturated rings.